The van der Waals surface area contributed by atoms with E-state index in [4.69, 9.17) is 11.6 Å². The Balaban J connectivity index is 2.42. The number of nitrogens with one attached hydrogen (secondary N) is 1. The SMILES string of the molecule is CCCNC(=O)CN(c1cccc(Cl)c1)S(=O)(=O)c1ccc(C)cc1. The van der Waals surface area contributed by atoms with E-state index in [-0.39, 0.29) is 17.3 Å². The molecule has 0 aromatic heterocycles. The normalized spacial score (nSPS) is 11.2. The Morgan fingerprint density at radius 3 is 2.44 bits per heavy atom. The van der Waals surface area contributed by atoms with Gasteiger partial charge in [0.25, 0.3) is 10.0 Å². The molecule has 0 aliphatic heterocycles. The largest absolute Gasteiger partial charge is 0.355 e. The lowest BCUT2D eigenvalue weighted by Gasteiger charge is -2.24. The molecule has 0 aliphatic rings. The van der Waals surface area contributed by atoms with E-state index in [2.05, 4.69) is 5.32 Å². The molecule has 25 heavy (non-hydrogen) atoms. The molecule has 0 heterocycles. The first-order chi connectivity index (χ1) is 11.8. The Hall–Kier alpha value is -2.05. The standard InChI is InChI=1S/C18H21ClN2O3S/c1-3-11-20-18(22)13-21(16-6-4-5-15(19)12-16)25(23,24)17-9-7-14(2)8-10-17/h4-10,12H,3,11,13H2,1-2H3,(H,20,22). The molecule has 0 aliphatic carbocycles. The number of benzene rings is 2. The van der Waals surface area contributed by atoms with E-state index < -0.39 is 10.0 Å². The summed E-state index contributed by atoms with van der Waals surface area (Å²) in [5.41, 5.74) is 1.30. The third kappa shape index (κ3) is 4.96. The second-order valence-corrected chi connectivity index (χ2v) is 7.95. The van der Waals surface area contributed by atoms with Gasteiger partial charge >= 0.3 is 0 Å². The molecule has 0 unspecified atom stereocenters. The molecule has 2 rings (SSSR count). The monoisotopic (exact) mass is 380 g/mol. The molecule has 1 N–H and O–H groups in total. The Bertz CT molecular complexity index is 836. The van der Waals surface area contributed by atoms with Crippen molar-refractivity contribution in [2.75, 3.05) is 17.4 Å². The van der Waals surface area contributed by atoms with E-state index in [1.54, 1.807) is 30.3 Å². The van der Waals surface area contributed by atoms with Crippen molar-refractivity contribution in [3.63, 3.8) is 0 Å². The number of amides is 1. The Morgan fingerprint density at radius 2 is 1.84 bits per heavy atom. The zero-order chi connectivity index (χ0) is 18.4. The van der Waals surface area contributed by atoms with Crippen molar-refractivity contribution in [1.82, 2.24) is 5.32 Å². The third-order valence-corrected chi connectivity index (χ3v) is 5.59. The van der Waals surface area contributed by atoms with Crippen LogP contribution in [-0.2, 0) is 14.8 Å². The topological polar surface area (TPSA) is 66.5 Å². The molecule has 0 fully saturated rings. The summed E-state index contributed by atoms with van der Waals surface area (Å²) in [6.07, 6.45) is 0.771. The van der Waals surface area contributed by atoms with Crippen molar-refractivity contribution in [1.29, 1.82) is 0 Å². The van der Waals surface area contributed by atoms with Crippen LogP contribution in [0.3, 0.4) is 0 Å². The maximum atomic E-state index is 13.1. The number of hydrogen-bond acceptors (Lipinski definition) is 3. The molecule has 0 bridgehead atoms. The van der Waals surface area contributed by atoms with Gasteiger partial charge in [0, 0.05) is 11.6 Å². The van der Waals surface area contributed by atoms with Crippen molar-refractivity contribution in [2.45, 2.75) is 25.2 Å². The minimum Gasteiger partial charge on any atom is -0.355 e. The van der Waals surface area contributed by atoms with Crippen molar-refractivity contribution >= 4 is 33.2 Å². The van der Waals surface area contributed by atoms with E-state index in [1.165, 1.54) is 18.2 Å². The van der Waals surface area contributed by atoms with Crippen LogP contribution >= 0.6 is 11.6 Å². The third-order valence-electron chi connectivity index (χ3n) is 3.56. The summed E-state index contributed by atoms with van der Waals surface area (Å²) in [6.45, 7) is 3.99. The van der Waals surface area contributed by atoms with Crippen LogP contribution in [-0.4, -0.2) is 27.4 Å². The van der Waals surface area contributed by atoms with E-state index in [1.807, 2.05) is 13.8 Å². The number of aryl methyl sites for hydroxylation is 1. The number of nitrogens with zero attached hydrogens (tertiary/aromatic N) is 1. The van der Waals surface area contributed by atoms with Gasteiger partial charge in [0.2, 0.25) is 5.91 Å². The lowest BCUT2D eigenvalue weighted by molar-refractivity contribution is -0.119. The molecule has 134 valence electrons. The number of halogens is 1. The maximum absolute atomic E-state index is 13.1. The Kier molecular flexibility index (Phi) is 6.45. The van der Waals surface area contributed by atoms with Crippen LogP contribution in [0.5, 0.6) is 0 Å². The van der Waals surface area contributed by atoms with Gasteiger partial charge in [-0.1, -0.05) is 42.3 Å². The van der Waals surface area contributed by atoms with Gasteiger partial charge in [-0.2, -0.15) is 0 Å². The molecule has 0 saturated heterocycles. The highest BCUT2D eigenvalue weighted by atomic mass is 35.5. The molecule has 0 radical (unpaired) electrons. The van der Waals surface area contributed by atoms with E-state index in [9.17, 15) is 13.2 Å². The molecule has 5 nitrogen and oxygen atoms in total. The zero-order valence-corrected chi connectivity index (χ0v) is 15.8. The summed E-state index contributed by atoms with van der Waals surface area (Å²) >= 11 is 6.00. The molecule has 0 spiro atoms. The van der Waals surface area contributed by atoms with Gasteiger partial charge in [-0.15, -0.1) is 0 Å². The van der Waals surface area contributed by atoms with Crippen LogP contribution in [0, 0.1) is 6.92 Å². The molecule has 0 saturated carbocycles. The Morgan fingerprint density at radius 1 is 1.16 bits per heavy atom. The van der Waals surface area contributed by atoms with Crippen molar-refractivity contribution in [3.8, 4) is 0 Å². The second kappa shape index (κ2) is 8.36. The van der Waals surface area contributed by atoms with Crippen LogP contribution in [0.1, 0.15) is 18.9 Å². The number of sulfonamides is 1. The fourth-order valence-electron chi connectivity index (χ4n) is 2.23. The van der Waals surface area contributed by atoms with Gasteiger partial charge in [-0.05, 0) is 43.7 Å². The molecule has 7 heteroatoms. The summed E-state index contributed by atoms with van der Waals surface area (Å²) in [5, 5.41) is 3.10. The summed E-state index contributed by atoms with van der Waals surface area (Å²) in [4.78, 5) is 12.3. The highest BCUT2D eigenvalue weighted by molar-refractivity contribution is 7.92. The first-order valence-corrected chi connectivity index (χ1v) is 9.78. The van der Waals surface area contributed by atoms with Gasteiger partial charge in [0.15, 0.2) is 0 Å². The Labute approximate surface area is 153 Å². The number of hydrogen-bond donors (Lipinski definition) is 1. The number of anilines is 1. The average molecular weight is 381 g/mol. The first kappa shape index (κ1) is 19.3. The summed E-state index contributed by atoms with van der Waals surface area (Å²) in [7, 11) is -3.89. The van der Waals surface area contributed by atoms with E-state index >= 15 is 0 Å². The van der Waals surface area contributed by atoms with Crippen molar-refractivity contribution < 1.29 is 13.2 Å². The van der Waals surface area contributed by atoms with Crippen LogP contribution in [0.2, 0.25) is 5.02 Å². The van der Waals surface area contributed by atoms with Crippen LogP contribution in [0.25, 0.3) is 0 Å². The number of carbonyl (C=O) groups excluding carboxylic acids is 1. The summed E-state index contributed by atoms with van der Waals surface area (Å²) < 4.78 is 27.2. The highest BCUT2D eigenvalue weighted by Crippen LogP contribution is 2.26. The lowest BCUT2D eigenvalue weighted by Crippen LogP contribution is -2.41. The fourth-order valence-corrected chi connectivity index (χ4v) is 3.83. The van der Waals surface area contributed by atoms with E-state index in [0.717, 1.165) is 16.3 Å². The van der Waals surface area contributed by atoms with Gasteiger partial charge < -0.3 is 5.32 Å². The average Bonchev–Trinajstić information content (AvgIpc) is 2.58. The minimum atomic E-state index is -3.89. The first-order valence-electron chi connectivity index (χ1n) is 7.96. The fraction of sp³-hybridized carbons (Fsp3) is 0.278. The predicted octanol–water partition coefficient (Wildman–Crippen LogP) is 3.37. The van der Waals surface area contributed by atoms with Gasteiger partial charge in [0.1, 0.15) is 6.54 Å². The number of rotatable bonds is 7. The van der Waals surface area contributed by atoms with Gasteiger partial charge in [0.05, 0.1) is 10.6 Å². The lowest BCUT2D eigenvalue weighted by atomic mass is 10.2. The minimum absolute atomic E-state index is 0.126. The van der Waals surface area contributed by atoms with Crippen molar-refractivity contribution in [3.05, 3.63) is 59.1 Å². The molecule has 0 atom stereocenters. The molecule has 1 amide bonds. The molecule has 2 aromatic rings. The van der Waals surface area contributed by atoms with Gasteiger partial charge in [-0.3, -0.25) is 9.10 Å². The smallest absolute Gasteiger partial charge is 0.264 e. The van der Waals surface area contributed by atoms with Crippen molar-refractivity contribution in [2.24, 2.45) is 0 Å². The zero-order valence-electron chi connectivity index (χ0n) is 14.2. The van der Waals surface area contributed by atoms with Crippen LogP contribution in [0.15, 0.2) is 53.4 Å². The highest BCUT2D eigenvalue weighted by Gasteiger charge is 2.27. The quantitative estimate of drug-likeness (QED) is 0.800. The second-order valence-electron chi connectivity index (χ2n) is 5.65. The maximum Gasteiger partial charge on any atom is 0.264 e. The van der Waals surface area contributed by atoms with Crippen LogP contribution in [0.4, 0.5) is 5.69 Å². The number of carbonyl (C=O) groups is 1. The molecular weight excluding hydrogens is 360 g/mol. The van der Waals surface area contributed by atoms with Gasteiger partial charge in [-0.25, -0.2) is 8.42 Å². The van der Waals surface area contributed by atoms with Crippen LogP contribution < -0.4 is 9.62 Å². The van der Waals surface area contributed by atoms with E-state index in [0.29, 0.717) is 17.3 Å². The molecular formula is C18H21ClN2O3S. The predicted molar refractivity (Wildman–Crippen MR) is 100 cm³/mol. The molecule has 2 aromatic carbocycles. The summed E-state index contributed by atoms with van der Waals surface area (Å²) in [6, 6.07) is 13.0. The summed E-state index contributed by atoms with van der Waals surface area (Å²) in [5.74, 6) is -0.363.